The fraction of sp³-hybridized carbons (Fsp3) is 0.238. The molecule has 0 fully saturated rings. The Kier molecular flexibility index (Phi) is 4.64. The third kappa shape index (κ3) is 3.82. The normalized spacial score (nSPS) is 11.5. The zero-order valence-electron chi connectivity index (χ0n) is 14.9. The molecule has 1 amide bonds. The van der Waals surface area contributed by atoms with E-state index in [2.05, 4.69) is 26.1 Å². The second-order valence-electron chi connectivity index (χ2n) is 7.24. The molecule has 0 unspecified atom stereocenters. The number of carbonyl (C=O) groups excluding carboxylic acids is 1. The number of fused-ring (bicyclic) bond motifs is 1. The molecule has 0 bridgehead atoms. The molecule has 0 aliphatic rings. The zero-order chi connectivity index (χ0) is 18.9. The minimum Gasteiger partial charge on any atom is -0.423 e. The minimum absolute atomic E-state index is 0.0631. The molecule has 26 heavy (non-hydrogen) atoms. The Hall–Kier alpha value is -2.95. The summed E-state index contributed by atoms with van der Waals surface area (Å²) in [7, 11) is 0. The number of halogens is 1. The predicted octanol–water partition coefficient (Wildman–Crippen LogP) is 4.16. The van der Waals surface area contributed by atoms with Gasteiger partial charge in [-0.05, 0) is 46.9 Å². The molecule has 0 spiro atoms. The molecule has 2 aromatic carbocycles. The van der Waals surface area contributed by atoms with Gasteiger partial charge in [-0.15, -0.1) is 0 Å². The molecule has 134 valence electrons. The van der Waals surface area contributed by atoms with Gasteiger partial charge in [0.2, 0.25) is 0 Å². The van der Waals surface area contributed by atoms with E-state index in [1.54, 1.807) is 6.07 Å². The molecule has 1 N–H and O–H groups in total. The van der Waals surface area contributed by atoms with E-state index in [9.17, 15) is 14.0 Å². The van der Waals surface area contributed by atoms with Gasteiger partial charge in [-0.3, -0.25) is 4.79 Å². The number of hydrogen-bond acceptors (Lipinski definition) is 3. The molecule has 0 saturated heterocycles. The average molecular weight is 353 g/mol. The molecule has 1 heterocycles. The van der Waals surface area contributed by atoms with Crippen molar-refractivity contribution in [3.8, 4) is 0 Å². The molecule has 1 aromatic heterocycles. The van der Waals surface area contributed by atoms with E-state index in [1.165, 1.54) is 30.3 Å². The van der Waals surface area contributed by atoms with Gasteiger partial charge in [0.15, 0.2) is 0 Å². The van der Waals surface area contributed by atoms with Gasteiger partial charge in [-0.2, -0.15) is 0 Å². The summed E-state index contributed by atoms with van der Waals surface area (Å²) in [6.07, 6.45) is 0. The molecular formula is C21H20FNO3. The van der Waals surface area contributed by atoms with Crippen molar-refractivity contribution in [2.45, 2.75) is 32.7 Å². The lowest BCUT2D eigenvalue weighted by Crippen LogP contribution is -2.23. The van der Waals surface area contributed by atoms with Crippen LogP contribution in [0, 0.1) is 5.82 Å². The lowest BCUT2D eigenvalue weighted by atomic mass is 9.86. The summed E-state index contributed by atoms with van der Waals surface area (Å²) in [6.45, 7) is 6.43. The fourth-order valence-corrected chi connectivity index (χ4v) is 2.75. The molecule has 0 saturated carbocycles. The Labute approximate surface area is 150 Å². The summed E-state index contributed by atoms with van der Waals surface area (Å²) >= 11 is 0. The Morgan fingerprint density at radius 3 is 2.58 bits per heavy atom. The summed E-state index contributed by atoms with van der Waals surface area (Å²) in [5.41, 5.74) is 1.92. The van der Waals surface area contributed by atoms with Crippen LogP contribution in [0.5, 0.6) is 0 Å². The van der Waals surface area contributed by atoms with Crippen LogP contribution < -0.4 is 10.9 Å². The smallest absolute Gasteiger partial charge is 0.336 e. The summed E-state index contributed by atoms with van der Waals surface area (Å²) in [5, 5.41) is 3.51. The fourth-order valence-electron chi connectivity index (χ4n) is 2.75. The summed E-state index contributed by atoms with van der Waals surface area (Å²) in [4.78, 5) is 24.1. The first kappa shape index (κ1) is 17.9. The zero-order valence-corrected chi connectivity index (χ0v) is 14.9. The van der Waals surface area contributed by atoms with Crippen LogP contribution in [0.15, 0.2) is 57.7 Å². The van der Waals surface area contributed by atoms with E-state index in [-0.39, 0.29) is 17.5 Å². The lowest BCUT2D eigenvalue weighted by molar-refractivity contribution is 0.0950. The van der Waals surface area contributed by atoms with Crippen molar-refractivity contribution in [2.75, 3.05) is 0 Å². The van der Waals surface area contributed by atoms with Gasteiger partial charge >= 0.3 is 5.63 Å². The van der Waals surface area contributed by atoms with E-state index in [1.807, 2.05) is 12.1 Å². The van der Waals surface area contributed by atoms with Gasteiger partial charge < -0.3 is 9.73 Å². The van der Waals surface area contributed by atoms with Crippen molar-refractivity contribution in [1.82, 2.24) is 5.32 Å². The van der Waals surface area contributed by atoms with Gasteiger partial charge in [-0.1, -0.05) is 32.9 Å². The summed E-state index contributed by atoms with van der Waals surface area (Å²) in [5.74, 6) is -0.879. The molecular weight excluding hydrogens is 333 g/mol. The highest BCUT2D eigenvalue weighted by Gasteiger charge is 2.16. The van der Waals surface area contributed by atoms with Gasteiger partial charge in [-0.25, -0.2) is 9.18 Å². The van der Waals surface area contributed by atoms with Crippen molar-refractivity contribution in [1.29, 1.82) is 0 Å². The minimum atomic E-state index is -0.476. The molecule has 5 heteroatoms. The van der Waals surface area contributed by atoms with Crippen molar-refractivity contribution < 1.29 is 13.6 Å². The number of amides is 1. The van der Waals surface area contributed by atoms with Crippen LogP contribution in [0.25, 0.3) is 11.0 Å². The topological polar surface area (TPSA) is 59.3 Å². The lowest BCUT2D eigenvalue weighted by Gasteiger charge is -2.19. The first-order valence-electron chi connectivity index (χ1n) is 8.35. The SMILES string of the molecule is CC(C)(C)c1ccc2oc(=O)cc(CNC(=O)c3cccc(F)c3)c2c1. The van der Waals surface area contributed by atoms with Crippen LogP contribution in [0.2, 0.25) is 0 Å². The number of nitrogens with one attached hydrogen (secondary N) is 1. The molecule has 0 atom stereocenters. The molecule has 0 aliphatic carbocycles. The Morgan fingerprint density at radius 2 is 1.88 bits per heavy atom. The molecule has 3 rings (SSSR count). The van der Waals surface area contributed by atoms with E-state index in [4.69, 9.17) is 4.42 Å². The van der Waals surface area contributed by atoms with Gasteiger partial charge in [0.1, 0.15) is 11.4 Å². The Morgan fingerprint density at radius 1 is 1.12 bits per heavy atom. The van der Waals surface area contributed by atoms with Crippen molar-refractivity contribution in [3.63, 3.8) is 0 Å². The Balaban J connectivity index is 1.93. The maximum atomic E-state index is 13.3. The van der Waals surface area contributed by atoms with E-state index in [0.29, 0.717) is 11.1 Å². The summed E-state index contributed by atoms with van der Waals surface area (Å²) < 4.78 is 18.5. The van der Waals surface area contributed by atoms with E-state index >= 15 is 0 Å². The quantitative estimate of drug-likeness (QED) is 0.719. The first-order chi connectivity index (χ1) is 12.2. The second kappa shape index (κ2) is 6.75. The maximum Gasteiger partial charge on any atom is 0.336 e. The highest BCUT2D eigenvalue weighted by Crippen LogP contribution is 2.27. The van der Waals surface area contributed by atoms with E-state index < -0.39 is 17.3 Å². The first-order valence-corrected chi connectivity index (χ1v) is 8.35. The van der Waals surface area contributed by atoms with Gasteiger partial charge in [0, 0.05) is 23.6 Å². The maximum absolute atomic E-state index is 13.3. The molecule has 4 nitrogen and oxygen atoms in total. The number of benzene rings is 2. The number of rotatable bonds is 3. The van der Waals surface area contributed by atoms with Crippen LogP contribution in [0.1, 0.15) is 42.3 Å². The Bertz CT molecular complexity index is 1030. The average Bonchev–Trinajstić information content (AvgIpc) is 2.58. The van der Waals surface area contributed by atoms with Gasteiger partial charge in [0.25, 0.3) is 5.91 Å². The number of carbonyl (C=O) groups is 1. The van der Waals surface area contributed by atoms with Crippen LogP contribution >= 0.6 is 0 Å². The number of hydrogen-bond donors (Lipinski definition) is 1. The molecule has 0 radical (unpaired) electrons. The predicted molar refractivity (Wildman–Crippen MR) is 98.8 cm³/mol. The monoisotopic (exact) mass is 353 g/mol. The largest absolute Gasteiger partial charge is 0.423 e. The highest BCUT2D eigenvalue weighted by atomic mass is 19.1. The highest BCUT2D eigenvalue weighted by molar-refractivity contribution is 5.94. The third-order valence-corrected chi connectivity index (χ3v) is 4.22. The van der Waals surface area contributed by atoms with Crippen LogP contribution in [-0.2, 0) is 12.0 Å². The van der Waals surface area contributed by atoms with Crippen LogP contribution in [0.3, 0.4) is 0 Å². The third-order valence-electron chi connectivity index (χ3n) is 4.22. The molecule has 3 aromatic rings. The van der Waals surface area contributed by atoms with E-state index in [0.717, 1.165) is 10.9 Å². The van der Waals surface area contributed by atoms with Gasteiger partial charge in [0.05, 0.1) is 0 Å². The standard InChI is InChI=1S/C21H20FNO3/c1-21(2,3)15-7-8-18-17(11-15)14(10-19(24)26-18)12-23-20(25)13-5-4-6-16(22)9-13/h4-11H,12H2,1-3H3,(H,23,25). The molecule has 0 aliphatic heterocycles. The second-order valence-corrected chi connectivity index (χ2v) is 7.24. The van der Waals surface area contributed by atoms with Crippen molar-refractivity contribution >= 4 is 16.9 Å². The van der Waals surface area contributed by atoms with Crippen LogP contribution in [-0.4, -0.2) is 5.91 Å². The van der Waals surface area contributed by atoms with Crippen LogP contribution in [0.4, 0.5) is 4.39 Å². The van der Waals surface area contributed by atoms with Crippen molar-refractivity contribution in [2.24, 2.45) is 0 Å². The van der Waals surface area contributed by atoms with Crippen molar-refractivity contribution in [3.05, 3.63) is 81.5 Å². The summed E-state index contributed by atoms with van der Waals surface area (Å²) in [6, 6.07) is 12.5.